The van der Waals surface area contributed by atoms with Crippen LogP contribution in [0.5, 0.6) is 0 Å². The van der Waals surface area contributed by atoms with Crippen molar-refractivity contribution in [2.24, 2.45) is 0 Å². The fourth-order valence-corrected chi connectivity index (χ4v) is 1.34. The Bertz CT molecular complexity index is 193. The SMILES string of the molecule is CC.O=P(O)(O)OP(=O)(O)OO. The number of hydrogen-bond donors (Lipinski definition) is 4. The summed E-state index contributed by atoms with van der Waals surface area (Å²) in [4.78, 5) is 23.7. The molecule has 0 aromatic rings. The smallest absolute Gasteiger partial charge is 0.302 e. The van der Waals surface area contributed by atoms with Gasteiger partial charge in [0.1, 0.15) is 0 Å². The maximum Gasteiger partial charge on any atom is 0.508 e. The van der Waals surface area contributed by atoms with Crippen LogP contribution in [0.4, 0.5) is 0 Å². The van der Waals surface area contributed by atoms with E-state index in [1.54, 1.807) is 0 Å². The fourth-order valence-electron chi connectivity index (χ4n) is 0.149. The predicted molar refractivity (Wildman–Crippen MR) is 38.0 cm³/mol. The average molecular weight is 224 g/mol. The maximum absolute atomic E-state index is 9.97. The highest BCUT2D eigenvalue weighted by Gasteiger charge is 2.32. The third-order valence-corrected chi connectivity index (χ3v) is 2.20. The van der Waals surface area contributed by atoms with Gasteiger partial charge in [0.15, 0.2) is 0 Å². The van der Waals surface area contributed by atoms with E-state index in [0.29, 0.717) is 0 Å². The quantitative estimate of drug-likeness (QED) is 0.313. The molecule has 1 atom stereocenters. The summed E-state index contributed by atoms with van der Waals surface area (Å²) < 4.78 is 25.5. The zero-order chi connectivity index (χ0) is 10.4. The van der Waals surface area contributed by atoms with E-state index in [-0.39, 0.29) is 0 Å². The van der Waals surface area contributed by atoms with Crippen molar-refractivity contribution in [3.8, 4) is 0 Å². The van der Waals surface area contributed by atoms with Crippen molar-refractivity contribution in [3.05, 3.63) is 0 Å². The van der Waals surface area contributed by atoms with Crippen molar-refractivity contribution in [2.75, 3.05) is 0 Å². The standard InChI is InChI=1S/C2H6.H4O8P2/c1-2;1-7-10(5,6)8-9(2,3)4/h1-2H3;1H,(H,5,6)(H2,2,3,4). The summed E-state index contributed by atoms with van der Waals surface area (Å²) in [7, 11) is -10.1. The minimum atomic E-state index is -5.10. The molecule has 0 saturated carbocycles. The summed E-state index contributed by atoms with van der Waals surface area (Å²) in [5, 5.41) is 7.48. The summed E-state index contributed by atoms with van der Waals surface area (Å²) in [5.41, 5.74) is 0. The molecule has 0 fully saturated rings. The largest absolute Gasteiger partial charge is 0.508 e. The summed E-state index contributed by atoms with van der Waals surface area (Å²) in [6.45, 7) is 4.00. The van der Waals surface area contributed by atoms with Crippen LogP contribution in [0.2, 0.25) is 0 Å². The Kier molecular flexibility index (Phi) is 7.11. The van der Waals surface area contributed by atoms with Crippen LogP contribution in [0, 0.1) is 0 Å². The molecule has 0 heterocycles. The van der Waals surface area contributed by atoms with Crippen molar-refractivity contribution in [1.82, 2.24) is 0 Å². The monoisotopic (exact) mass is 224 g/mol. The van der Waals surface area contributed by atoms with Crippen molar-refractivity contribution in [3.63, 3.8) is 0 Å². The lowest BCUT2D eigenvalue weighted by Gasteiger charge is -2.06. The van der Waals surface area contributed by atoms with Gasteiger partial charge in [0, 0.05) is 0 Å². The summed E-state index contributed by atoms with van der Waals surface area (Å²) in [6.07, 6.45) is 0. The van der Waals surface area contributed by atoms with E-state index in [9.17, 15) is 9.13 Å². The van der Waals surface area contributed by atoms with E-state index < -0.39 is 15.6 Å². The molecule has 0 aliphatic heterocycles. The number of phosphoric acid groups is 2. The minimum absolute atomic E-state index is 2.00. The Morgan fingerprint density at radius 2 is 1.42 bits per heavy atom. The zero-order valence-corrected chi connectivity index (χ0v) is 8.11. The van der Waals surface area contributed by atoms with Crippen molar-refractivity contribution >= 4 is 15.6 Å². The van der Waals surface area contributed by atoms with E-state index >= 15 is 0 Å². The number of hydrogen-bond acceptors (Lipinski definition) is 5. The average Bonchev–Trinajstić information content (AvgIpc) is 1.88. The molecule has 8 nitrogen and oxygen atoms in total. The van der Waals surface area contributed by atoms with Crippen LogP contribution in [-0.4, -0.2) is 19.9 Å². The number of rotatable bonds is 3. The normalized spacial score (nSPS) is 15.8. The molecule has 12 heavy (non-hydrogen) atoms. The van der Waals surface area contributed by atoms with E-state index in [1.165, 1.54) is 0 Å². The second-order valence-electron chi connectivity index (χ2n) is 1.12. The van der Waals surface area contributed by atoms with Gasteiger partial charge in [0.2, 0.25) is 0 Å². The lowest BCUT2D eigenvalue weighted by atomic mass is 11.0. The van der Waals surface area contributed by atoms with Gasteiger partial charge in [-0.3, -0.25) is 0 Å². The topological polar surface area (TPSA) is 134 Å². The first-order valence-electron chi connectivity index (χ1n) is 2.70. The highest BCUT2D eigenvalue weighted by Crippen LogP contribution is 2.56. The molecule has 0 spiro atoms. The van der Waals surface area contributed by atoms with Gasteiger partial charge in [-0.15, -0.1) is 4.67 Å². The lowest BCUT2D eigenvalue weighted by Crippen LogP contribution is -1.89. The second kappa shape index (κ2) is 5.80. The molecule has 4 N–H and O–H groups in total. The molecule has 0 aliphatic carbocycles. The third kappa shape index (κ3) is 10.2. The van der Waals surface area contributed by atoms with E-state index in [1.807, 2.05) is 13.8 Å². The lowest BCUT2D eigenvalue weighted by molar-refractivity contribution is -0.157. The first-order chi connectivity index (χ1) is 5.27. The Hall–Kier alpha value is 0.220. The molecule has 1 unspecified atom stereocenters. The van der Waals surface area contributed by atoms with Crippen LogP contribution in [0.25, 0.3) is 0 Å². The first kappa shape index (κ1) is 14.7. The molecule has 0 bridgehead atoms. The fraction of sp³-hybridized carbons (Fsp3) is 1.00. The molecule has 0 aliphatic rings. The molecule has 0 radical (unpaired) electrons. The predicted octanol–water partition coefficient (Wildman–Crippen LogP) is 0.712. The third-order valence-electron chi connectivity index (χ3n) is 0.313. The van der Waals surface area contributed by atoms with Crippen LogP contribution < -0.4 is 0 Å². The minimum Gasteiger partial charge on any atom is -0.302 e. The summed E-state index contributed by atoms with van der Waals surface area (Å²) in [5.74, 6) is 0. The van der Waals surface area contributed by atoms with Gasteiger partial charge >= 0.3 is 15.6 Å². The van der Waals surface area contributed by atoms with Crippen LogP contribution in [0.3, 0.4) is 0 Å². The molecular weight excluding hydrogens is 214 g/mol. The zero-order valence-electron chi connectivity index (χ0n) is 6.32. The van der Waals surface area contributed by atoms with Gasteiger partial charge in [0.25, 0.3) is 0 Å². The van der Waals surface area contributed by atoms with Gasteiger partial charge in [0.05, 0.1) is 0 Å². The summed E-state index contributed by atoms with van der Waals surface area (Å²) >= 11 is 0. The van der Waals surface area contributed by atoms with Crippen molar-refractivity contribution in [2.45, 2.75) is 13.8 Å². The molecule has 10 heteroatoms. The van der Waals surface area contributed by atoms with E-state index in [0.717, 1.165) is 0 Å². The molecule has 0 amide bonds. The van der Waals surface area contributed by atoms with E-state index in [4.69, 9.17) is 19.9 Å². The van der Waals surface area contributed by atoms with Crippen LogP contribution in [0.15, 0.2) is 0 Å². The van der Waals surface area contributed by atoms with Gasteiger partial charge in [-0.1, -0.05) is 13.8 Å². The maximum atomic E-state index is 9.97. The highest BCUT2D eigenvalue weighted by atomic mass is 31.3. The molecule has 0 saturated heterocycles. The Morgan fingerprint density at radius 3 is 1.50 bits per heavy atom. The molecule has 0 aromatic carbocycles. The molecule has 0 rings (SSSR count). The van der Waals surface area contributed by atoms with Gasteiger partial charge in [-0.25, -0.2) is 14.4 Å². The Balaban J connectivity index is 0. The highest BCUT2D eigenvalue weighted by molar-refractivity contribution is 7.60. The van der Waals surface area contributed by atoms with Crippen molar-refractivity contribution in [1.29, 1.82) is 0 Å². The molecule has 76 valence electrons. The second-order valence-corrected chi connectivity index (χ2v) is 3.86. The molecular formula is C2H10O8P2. The Labute approximate surface area is 68.5 Å². The van der Waals surface area contributed by atoms with Gasteiger partial charge in [-0.2, -0.15) is 4.31 Å². The summed E-state index contributed by atoms with van der Waals surface area (Å²) in [6, 6.07) is 0. The van der Waals surface area contributed by atoms with Crippen LogP contribution >= 0.6 is 15.6 Å². The van der Waals surface area contributed by atoms with Gasteiger partial charge < -0.3 is 14.7 Å². The Morgan fingerprint density at radius 1 is 1.08 bits per heavy atom. The van der Waals surface area contributed by atoms with Crippen LogP contribution in [0.1, 0.15) is 13.8 Å². The first-order valence-corrected chi connectivity index (χ1v) is 5.72. The van der Waals surface area contributed by atoms with Crippen LogP contribution in [-0.2, 0) is 18.1 Å². The van der Waals surface area contributed by atoms with Crippen molar-refractivity contribution < 1.29 is 38.1 Å². The molecule has 0 aromatic heterocycles. The van der Waals surface area contributed by atoms with Gasteiger partial charge in [-0.05, 0) is 0 Å². The van der Waals surface area contributed by atoms with E-state index in [2.05, 4.69) is 8.99 Å².